The number of ketones is 2. The van der Waals surface area contributed by atoms with Crippen molar-refractivity contribution in [1.82, 2.24) is 0 Å². The summed E-state index contributed by atoms with van der Waals surface area (Å²) < 4.78 is 0. The molecule has 0 aliphatic heterocycles. The quantitative estimate of drug-likeness (QED) is 0.353. The van der Waals surface area contributed by atoms with Gasteiger partial charge in [-0.15, -0.1) is 0 Å². The smallest absolute Gasteiger partial charge is 0.322 e. The second-order valence-electron chi connectivity index (χ2n) is 2.88. The van der Waals surface area contributed by atoms with E-state index in [9.17, 15) is 14.4 Å². The average Bonchev–Trinajstić information content (AvgIpc) is 2.12. The second-order valence-corrected chi connectivity index (χ2v) is 2.88. The fourth-order valence-corrected chi connectivity index (χ4v) is 0.738. The predicted octanol–water partition coefficient (Wildman–Crippen LogP) is -2.79. The zero-order valence-electron chi connectivity index (χ0n) is 7.64. The van der Waals surface area contributed by atoms with Crippen LogP contribution in [0, 0.1) is 0 Å². The van der Waals surface area contributed by atoms with Crippen LogP contribution in [0.3, 0.4) is 0 Å². The Morgan fingerprint density at radius 3 is 1.79 bits per heavy atom. The van der Waals surface area contributed by atoms with Gasteiger partial charge in [0.2, 0.25) is 0 Å². The Balaban J connectivity index is 4.54. The molecule has 0 aliphatic rings. The number of carboxylic acids is 1. The second kappa shape index (κ2) is 4.80. The Morgan fingerprint density at radius 1 is 1.07 bits per heavy atom. The Hall–Kier alpha value is -1.31. The minimum Gasteiger partial charge on any atom is -0.480 e. The van der Waals surface area contributed by atoms with E-state index < -0.39 is 35.7 Å². The largest absolute Gasteiger partial charge is 0.480 e. The van der Waals surface area contributed by atoms with Crippen LogP contribution in [0.15, 0.2) is 0 Å². The van der Waals surface area contributed by atoms with Crippen LogP contribution in [-0.2, 0) is 14.4 Å². The zero-order valence-corrected chi connectivity index (χ0v) is 7.64. The number of rotatable bonds is 5. The van der Waals surface area contributed by atoms with Crippen LogP contribution in [-0.4, -0.2) is 40.8 Å². The molecule has 0 rings (SSSR count). The first-order valence-electron chi connectivity index (χ1n) is 3.82. The van der Waals surface area contributed by atoms with E-state index in [1.54, 1.807) is 0 Å². The highest BCUT2D eigenvalue weighted by Gasteiger charge is 2.32. The van der Waals surface area contributed by atoms with Crippen LogP contribution in [0.4, 0.5) is 0 Å². The van der Waals surface area contributed by atoms with Gasteiger partial charge in [0, 0.05) is 0 Å². The highest BCUT2D eigenvalue weighted by molar-refractivity contribution is 6.08. The third-order valence-corrected chi connectivity index (χ3v) is 1.75. The molecule has 3 unspecified atom stereocenters. The molecule has 0 bridgehead atoms. The van der Waals surface area contributed by atoms with E-state index >= 15 is 0 Å². The SMILES string of the molecule is CC(=O)C(N)C(=O)C(N)C(N)C(=O)O. The Kier molecular flexibility index (Phi) is 4.35. The molecule has 3 atom stereocenters. The van der Waals surface area contributed by atoms with E-state index in [1.807, 2.05) is 0 Å². The molecule has 0 spiro atoms. The molecule has 14 heavy (non-hydrogen) atoms. The molecule has 0 heterocycles. The molecule has 0 saturated heterocycles. The minimum absolute atomic E-state index is 0.581. The molecule has 0 saturated carbocycles. The van der Waals surface area contributed by atoms with Crippen molar-refractivity contribution in [3.63, 3.8) is 0 Å². The van der Waals surface area contributed by atoms with Crippen molar-refractivity contribution in [2.75, 3.05) is 0 Å². The van der Waals surface area contributed by atoms with Gasteiger partial charge in [-0.25, -0.2) is 0 Å². The highest BCUT2D eigenvalue weighted by atomic mass is 16.4. The predicted molar refractivity (Wildman–Crippen MR) is 47.2 cm³/mol. The van der Waals surface area contributed by atoms with Gasteiger partial charge in [-0.3, -0.25) is 14.4 Å². The van der Waals surface area contributed by atoms with E-state index in [1.165, 1.54) is 0 Å². The van der Waals surface area contributed by atoms with Crippen molar-refractivity contribution >= 4 is 17.5 Å². The van der Waals surface area contributed by atoms with Crippen molar-refractivity contribution in [2.45, 2.75) is 25.0 Å². The van der Waals surface area contributed by atoms with E-state index in [0.717, 1.165) is 6.92 Å². The molecule has 0 aromatic rings. The maximum absolute atomic E-state index is 11.2. The summed E-state index contributed by atoms with van der Waals surface area (Å²) in [6.07, 6.45) is 0. The first-order chi connectivity index (χ1) is 6.29. The van der Waals surface area contributed by atoms with Crippen molar-refractivity contribution in [3.8, 4) is 0 Å². The molecule has 0 aromatic carbocycles. The summed E-state index contributed by atoms with van der Waals surface area (Å²) in [7, 11) is 0. The fraction of sp³-hybridized carbons (Fsp3) is 0.571. The lowest BCUT2D eigenvalue weighted by molar-refractivity contribution is -0.141. The van der Waals surface area contributed by atoms with Crippen LogP contribution >= 0.6 is 0 Å². The number of carboxylic acid groups (broad SMARTS) is 1. The van der Waals surface area contributed by atoms with Crippen LogP contribution in [0.2, 0.25) is 0 Å². The monoisotopic (exact) mass is 203 g/mol. The Labute approximate surface area is 80.2 Å². The standard InChI is InChI=1S/C7H13N3O4/c1-2(11)3(8)6(12)4(9)5(10)7(13)14/h3-5H,8-10H2,1H3,(H,13,14). The summed E-state index contributed by atoms with van der Waals surface area (Å²) in [6.45, 7) is 1.11. The molecule has 7 heteroatoms. The Morgan fingerprint density at radius 2 is 1.50 bits per heavy atom. The normalized spacial score (nSPS) is 16.9. The molecule has 0 fully saturated rings. The van der Waals surface area contributed by atoms with Crippen molar-refractivity contribution in [3.05, 3.63) is 0 Å². The summed E-state index contributed by atoms with van der Waals surface area (Å²) in [5, 5.41) is 8.44. The van der Waals surface area contributed by atoms with Gasteiger partial charge in [-0.2, -0.15) is 0 Å². The summed E-state index contributed by atoms with van der Waals surface area (Å²) in [6, 6.07) is -4.42. The molecule has 0 amide bonds. The van der Waals surface area contributed by atoms with Gasteiger partial charge in [0.25, 0.3) is 0 Å². The van der Waals surface area contributed by atoms with Gasteiger partial charge in [-0.1, -0.05) is 0 Å². The van der Waals surface area contributed by atoms with Gasteiger partial charge >= 0.3 is 5.97 Å². The molecular formula is C7H13N3O4. The van der Waals surface area contributed by atoms with E-state index in [-0.39, 0.29) is 0 Å². The van der Waals surface area contributed by atoms with Crippen LogP contribution < -0.4 is 17.2 Å². The minimum atomic E-state index is -1.55. The summed E-state index contributed by atoms with van der Waals surface area (Å²) in [5.74, 6) is -2.86. The van der Waals surface area contributed by atoms with E-state index in [2.05, 4.69) is 0 Å². The lowest BCUT2D eigenvalue weighted by Crippen LogP contribution is -2.57. The summed E-state index contributed by atoms with van der Waals surface area (Å²) in [4.78, 5) is 32.3. The number of hydrogen-bond donors (Lipinski definition) is 4. The third-order valence-electron chi connectivity index (χ3n) is 1.75. The lowest BCUT2D eigenvalue weighted by atomic mass is 9.98. The summed E-state index contributed by atoms with van der Waals surface area (Å²) >= 11 is 0. The summed E-state index contributed by atoms with van der Waals surface area (Å²) in [5.41, 5.74) is 15.5. The average molecular weight is 203 g/mol. The van der Waals surface area contributed by atoms with Gasteiger partial charge < -0.3 is 22.3 Å². The number of aliphatic carboxylic acids is 1. The van der Waals surface area contributed by atoms with Crippen LogP contribution in [0.25, 0.3) is 0 Å². The number of carbonyl (C=O) groups excluding carboxylic acids is 2. The third kappa shape index (κ3) is 2.87. The number of Topliss-reactive ketones (excluding diaryl/α,β-unsaturated/α-hetero) is 2. The molecule has 7 nitrogen and oxygen atoms in total. The maximum Gasteiger partial charge on any atom is 0.322 e. The molecule has 0 radical (unpaired) electrons. The van der Waals surface area contributed by atoms with Crippen LogP contribution in [0.5, 0.6) is 0 Å². The molecule has 0 aromatic heterocycles. The first kappa shape index (κ1) is 12.7. The topological polar surface area (TPSA) is 150 Å². The van der Waals surface area contributed by atoms with Gasteiger partial charge in [0.05, 0.1) is 6.04 Å². The van der Waals surface area contributed by atoms with Crippen molar-refractivity contribution < 1.29 is 19.5 Å². The molecule has 7 N–H and O–H groups in total. The maximum atomic E-state index is 11.2. The van der Waals surface area contributed by atoms with Gasteiger partial charge in [-0.05, 0) is 6.92 Å². The van der Waals surface area contributed by atoms with Crippen molar-refractivity contribution in [2.24, 2.45) is 17.2 Å². The lowest BCUT2D eigenvalue weighted by Gasteiger charge is -2.17. The number of carbonyl (C=O) groups is 3. The van der Waals surface area contributed by atoms with Gasteiger partial charge in [0.15, 0.2) is 11.6 Å². The van der Waals surface area contributed by atoms with Gasteiger partial charge in [0.1, 0.15) is 12.1 Å². The Bertz CT molecular complexity index is 266. The highest BCUT2D eigenvalue weighted by Crippen LogP contribution is 1.95. The molecule has 80 valence electrons. The number of hydrogen-bond acceptors (Lipinski definition) is 6. The zero-order chi connectivity index (χ0) is 11.5. The number of nitrogens with two attached hydrogens (primary N) is 3. The molecule has 0 aliphatic carbocycles. The first-order valence-corrected chi connectivity index (χ1v) is 3.82. The fourth-order valence-electron chi connectivity index (χ4n) is 0.738. The van der Waals surface area contributed by atoms with E-state index in [4.69, 9.17) is 22.3 Å². The van der Waals surface area contributed by atoms with E-state index in [0.29, 0.717) is 0 Å². The van der Waals surface area contributed by atoms with Crippen molar-refractivity contribution in [1.29, 1.82) is 0 Å². The van der Waals surface area contributed by atoms with Crippen LogP contribution in [0.1, 0.15) is 6.92 Å². The molecular weight excluding hydrogens is 190 g/mol.